The Morgan fingerprint density at radius 2 is 1.61 bits per heavy atom. The molecule has 1 aliphatic heterocycles. The minimum Gasteiger partial charge on any atom is -0.318 e. The third kappa shape index (κ3) is 6.73. The number of hydrogen-bond donors (Lipinski definition) is 3. The van der Waals surface area contributed by atoms with E-state index in [1.165, 1.54) is 24.3 Å². The van der Waals surface area contributed by atoms with Crippen LogP contribution in [0.25, 0.3) is 0 Å². The number of hydrogen-bond acceptors (Lipinski definition) is 8. The molecule has 28 heavy (non-hydrogen) atoms. The number of carbonyl (C=O) groups excluding carboxylic acids is 4. The SMILES string of the molecule is N[P+](N)(OC(=O)NCCCCCN1C(=O)C=CC1=O)OC(=O)c1ccccc1. The van der Waals surface area contributed by atoms with Crippen molar-refractivity contribution >= 4 is 31.9 Å². The van der Waals surface area contributed by atoms with Crippen LogP contribution in [-0.2, 0) is 18.6 Å². The molecule has 0 unspecified atom stereocenters. The standard InChI is InChI=1S/C17H21N4O6P/c18-28(19,26-16(24)13-7-3-1-4-8-13)27-17(25)20-11-5-2-6-12-21-14(22)9-10-15(21)23/h1,3-4,7-10H,2,5-6,11-12,18-19H2/p+1. The lowest BCUT2D eigenvalue weighted by molar-refractivity contribution is -0.136. The van der Waals surface area contributed by atoms with E-state index >= 15 is 0 Å². The summed E-state index contributed by atoms with van der Waals surface area (Å²) in [5.41, 5.74) is 11.4. The third-order valence-electron chi connectivity index (χ3n) is 3.69. The molecule has 1 aromatic carbocycles. The molecule has 0 aromatic heterocycles. The zero-order chi connectivity index (χ0) is 20.6. The van der Waals surface area contributed by atoms with Crippen molar-refractivity contribution in [2.24, 2.45) is 11.0 Å². The van der Waals surface area contributed by atoms with Gasteiger partial charge in [-0.1, -0.05) is 18.2 Å². The van der Waals surface area contributed by atoms with E-state index in [1.807, 2.05) is 0 Å². The second-order valence-electron chi connectivity index (χ2n) is 5.92. The largest absolute Gasteiger partial charge is 0.524 e. The fraction of sp³-hybridized carbons (Fsp3) is 0.294. The molecule has 0 saturated carbocycles. The summed E-state index contributed by atoms with van der Waals surface area (Å²) in [6, 6.07) is 8.04. The smallest absolute Gasteiger partial charge is 0.318 e. The molecule has 0 radical (unpaired) electrons. The van der Waals surface area contributed by atoms with Gasteiger partial charge >= 0.3 is 20.1 Å². The maximum absolute atomic E-state index is 11.9. The van der Waals surface area contributed by atoms with Crippen LogP contribution < -0.4 is 16.3 Å². The molecule has 0 saturated heterocycles. The molecule has 0 atom stereocenters. The molecule has 3 amide bonds. The van der Waals surface area contributed by atoms with Gasteiger partial charge < -0.3 is 5.32 Å². The van der Waals surface area contributed by atoms with E-state index in [2.05, 4.69) is 5.32 Å². The number of unbranched alkanes of at least 4 members (excludes halogenated alkanes) is 2. The van der Waals surface area contributed by atoms with Crippen LogP contribution in [0.1, 0.15) is 29.6 Å². The first-order valence-electron chi connectivity index (χ1n) is 8.54. The number of carbonyl (C=O) groups is 4. The van der Waals surface area contributed by atoms with Gasteiger partial charge in [0.2, 0.25) is 0 Å². The summed E-state index contributed by atoms with van der Waals surface area (Å²) in [7, 11) is -3.66. The van der Waals surface area contributed by atoms with Gasteiger partial charge in [0.05, 0.1) is 5.56 Å². The monoisotopic (exact) mass is 409 g/mol. The Kier molecular flexibility index (Phi) is 7.62. The van der Waals surface area contributed by atoms with Gasteiger partial charge in [0.25, 0.3) is 11.8 Å². The summed E-state index contributed by atoms with van der Waals surface area (Å²) in [5, 5.41) is 2.45. The molecule has 0 fully saturated rings. The Balaban J connectivity index is 1.61. The van der Waals surface area contributed by atoms with Crippen molar-refractivity contribution in [2.45, 2.75) is 19.3 Å². The van der Waals surface area contributed by atoms with E-state index < -0.39 is 20.1 Å². The highest BCUT2D eigenvalue weighted by Crippen LogP contribution is 2.44. The molecule has 11 heteroatoms. The van der Waals surface area contributed by atoms with E-state index in [0.717, 1.165) is 4.90 Å². The van der Waals surface area contributed by atoms with Gasteiger partial charge in [-0.05, 0) is 31.4 Å². The van der Waals surface area contributed by atoms with E-state index in [9.17, 15) is 19.2 Å². The molecule has 150 valence electrons. The number of nitrogens with zero attached hydrogens (tertiary/aromatic N) is 1. The molecule has 10 nitrogen and oxygen atoms in total. The second-order valence-corrected chi connectivity index (χ2v) is 7.57. The van der Waals surface area contributed by atoms with Crippen molar-refractivity contribution in [1.29, 1.82) is 0 Å². The normalized spacial score (nSPS) is 13.6. The summed E-state index contributed by atoms with van der Waals surface area (Å²) in [6.45, 7) is 0.594. The van der Waals surface area contributed by atoms with Crippen molar-refractivity contribution in [3.05, 3.63) is 48.0 Å². The van der Waals surface area contributed by atoms with Crippen molar-refractivity contribution in [2.75, 3.05) is 13.1 Å². The predicted molar refractivity (Wildman–Crippen MR) is 101 cm³/mol. The zero-order valence-corrected chi connectivity index (χ0v) is 16.0. The van der Waals surface area contributed by atoms with Gasteiger partial charge in [0.1, 0.15) is 0 Å². The summed E-state index contributed by atoms with van der Waals surface area (Å²) in [5.74, 6) is -1.42. The van der Waals surface area contributed by atoms with Crippen LogP contribution in [0.3, 0.4) is 0 Å². The van der Waals surface area contributed by atoms with Gasteiger partial charge in [-0.2, -0.15) is 0 Å². The van der Waals surface area contributed by atoms with Crippen LogP contribution >= 0.6 is 8.02 Å². The van der Waals surface area contributed by atoms with Crippen molar-refractivity contribution in [3.8, 4) is 0 Å². The highest BCUT2D eigenvalue weighted by Gasteiger charge is 2.41. The molecule has 0 bridgehead atoms. The molecular weight excluding hydrogens is 387 g/mol. The van der Waals surface area contributed by atoms with E-state index in [4.69, 9.17) is 20.1 Å². The van der Waals surface area contributed by atoms with Crippen LogP contribution in [-0.4, -0.2) is 41.9 Å². The molecule has 1 heterocycles. The lowest BCUT2D eigenvalue weighted by Crippen LogP contribution is -2.32. The Labute approximate surface area is 162 Å². The highest BCUT2D eigenvalue weighted by atomic mass is 31.2. The summed E-state index contributed by atoms with van der Waals surface area (Å²) < 4.78 is 9.70. The molecular formula is C17H22N4O6P+. The van der Waals surface area contributed by atoms with Crippen molar-refractivity contribution in [1.82, 2.24) is 10.2 Å². The second kappa shape index (κ2) is 9.93. The molecule has 2 rings (SSSR count). The molecule has 0 spiro atoms. The zero-order valence-electron chi connectivity index (χ0n) is 15.1. The van der Waals surface area contributed by atoms with E-state index in [-0.39, 0.29) is 23.9 Å². The molecule has 1 aromatic rings. The lowest BCUT2D eigenvalue weighted by atomic mass is 10.2. The van der Waals surface area contributed by atoms with E-state index in [0.29, 0.717) is 25.8 Å². The Bertz CT molecular complexity index is 750. The summed E-state index contributed by atoms with van der Waals surface area (Å²) in [4.78, 5) is 47.6. The first-order valence-corrected chi connectivity index (χ1v) is 10.3. The van der Waals surface area contributed by atoms with Crippen LogP contribution in [0.5, 0.6) is 0 Å². The average molecular weight is 409 g/mol. The number of nitrogens with one attached hydrogen (secondary N) is 1. The minimum atomic E-state index is -3.66. The number of imide groups is 1. The molecule has 1 aliphatic rings. The Hall–Kier alpha value is -2.81. The van der Waals surface area contributed by atoms with Crippen LogP contribution in [0.15, 0.2) is 42.5 Å². The molecule has 0 aliphatic carbocycles. The first kappa shape index (κ1) is 21.5. The maximum Gasteiger partial charge on any atom is 0.524 e. The average Bonchev–Trinajstić information content (AvgIpc) is 2.96. The summed E-state index contributed by atoms with van der Waals surface area (Å²) >= 11 is 0. The van der Waals surface area contributed by atoms with Crippen LogP contribution in [0.4, 0.5) is 4.79 Å². The predicted octanol–water partition coefficient (Wildman–Crippen LogP) is 1.26. The Morgan fingerprint density at radius 3 is 2.25 bits per heavy atom. The maximum atomic E-state index is 11.9. The minimum absolute atomic E-state index is 0.233. The number of nitrogens with two attached hydrogens (primary N) is 2. The summed E-state index contributed by atoms with van der Waals surface area (Å²) in [6.07, 6.45) is 3.44. The topological polar surface area (TPSA) is 154 Å². The van der Waals surface area contributed by atoms with Crippen LogP contribution in [0.2, 0.25) is 0 Å². The number of rotatable bonds is 9. The number of amides is 3. The Morgan fingerprint density at radius 1 is 0.964 bits per heavy atom. The van der Waals surface area contributed by atoms with E-state index in [1.54, 1.807) is 18.2 Å². The fourth-order valence-corrected chi connectivity index (χ4v) is 3.08. The third-order valence-corrected chi connectivity index (χ3v) is 4.59. The van der Waals surface area contributed by atoms with Gasteiger partial charge in [-0.3, -0.25) is 14.5 Å². The van der Waals surface area contributed by atoms with Crippen LogP contribution in [0, 0.1) is 0 Å². The molecule has 5 N–H and O–H groups in total. The van der Waals surface area contributed by atoms with Gasteiger partial charge in [-0.15, -0.1) is 11.0 Å². The van der Waals surface area contributed by atoms with Gasteiger partial charge in [0.15, 0.2) is 0 Å². The lowest BCUT2D eigenvalue weighted by Gasteiger charge is -2.13. The number of benzene rings is 1. The first-order chi connectivity index (χ1) is 13.3. The van der Waals surface area contributed by atoms with Crippen molar-refractivity contribution < 1.29 is 28.2 Å². The van der Waals surface area contributed by atoms with Gasteiger partial charge in [-0.25, -0.2) is 18.6 Å². The van der Waals surface area contributed by atoms with Crippen molar-refractivity contribution in [3.63, 3.8) is 0 Å². The fourth-order valence-electron chi connectivity index (χ4n) is 2.35. The van der Waals surface area contributed by atoms with Gasteiger partial charge in [0, 0.05) is 25.2 Å². The quantitative estimate of drug-likeness (QED) is 0.313. The highest BCUT2D eigenvalue weighted by molar-refractivity contribution is 7.62.